The molecular weight excluding hydrogens is 379 g/mol. The number of hydrogen-bond donors (Lipinski definition) is 0. The van der Waals surface area contributed by atoms with Gasteiger partial charge in [0.25, 0.3) is 0 Å². The molecule has 3 aromatic rings. The smallest absolute Gasteiger partial charge is 0.435 e. The van der Waals surface area contributed by atoms with Crippen molar-refractivity contribution in [2.45, 2.75) is 19.3 Å². The SMILES string of the molecule is COc1ccc(N(Cc2cccs2)C(=O)Cn2ccc(C(F)(F)F)n2)cc1. The average Bonchev–Trinajstić information content (AvgIpc) is 3.31. The van der Waals surface area contributed by atoms with Crippen LogP contribution in [0.3, 0.4) is 0 Å². The highest BCUT2D eigenvalue weighted by atomic mass is 32.1. The summed E-state index contributed by atoms with van der Waals surface area (Å²) in [6.45, 7) is 0.0176. The van der Waals surface area contributed by atoms with Gasteiger partial charge in [0, 0.05) is 16.8 Å². The van der Waals surface area contributed by atoms with Crippen molar-refractivity contribution in [2.24, 2.45) is 0 Å². The molecule has 0 aliphatic carbocycles. The number of halogens is 3. The molecule has 9 heteroatoms. The molecular formula is C18H16F3N3O2S. The van der Waals surface area contributed by atoms with Gasteiger partial charge in [0.05, 0.1) is 13.7 Å². The third-order valence-corrected chi connectivity index (χ3v) is 4.67. The number of alkyl halides is 3. The zero-order chi connectivity index (χ0) is 19.4. The highest BCUT2D eigenvalue weighted by Gasteiger charge is 2.33. The summed E-state index contributed by atoms with van der Waals surface area (Å²) < 4.78 is 44.2. The maximum Gasteiger partial charge on any atom is 0.435 e. The van der Waals surface area contributed by atoms with Crippen molar-refractivity contribution in [1.29, 1.82) is 0 Å². The Kier molecular flexibility index (Phi) is 5.50. The summed E-state index contributed by atoms with van der Waals surface area (Å²) in [5, 5.41) is 5.35. The van der Waals surface area contributed by atoms with Crippen molar-refractivity contribution < 1.29 is 22.7 Å². The first kappa shape index (κ1) is 19.0. The standard InChI is InChI=1S/C18H16F3N3O2S/c1-26-14-6-4-13(5-7-14)24(11-15-3-2-10-27-15)17(25)12-23-9-8-16(22-23)18(19,20)21/h2-10H,11-12H2,1H3. The second-order valence-electron chi connectivity index (χ2n) is 5.65. The molecule has 27 heavy (non-hydrogen) atoms. The molecule has 142 valence electrons. The summed E-state index contributed by atoms with van der Waals surface area (Å²) in [6.07, 6.45) is -3.39. The van der Waals surface area contributed by atoms with Gasteiger partial charge in [0.15, 0.2) is 5.69 Å². The number of carbonyl (C=O) groups is 1. The Morgan fingerprint density at radius 1 is 1.22 bits per heavy atom. The summed E-state index contributed by atoms with van der Waals surface area (Å²) in [7, 11) is 1.54. The van der Waals surface area contributed by atoms with Crippen molar-refractivity contribution in [3.05, 3.63) is 64.6 Å². The fourth-order valence-electron chi connectivity index (χ4n) is 2.47. The van der Waals surface area contributed by atoms with Crippen LogP contribution in [0.4, 0.5) is 18.9 Å². The summed E-state index contributed by atoms with van der Waals surface area (Å²) >= 11 is 1.49. The fourth-order valence-corrected chi connectivity index (χ4v) is 3.16. The molecule has 2 aromatic heterocycles. The van der Waals surface area contributed by atoms with Crippen molar-refractivity contribution in [3.63, 3.8) is 0 Å². The third kappa shape index (κ3) is 4.68. The topological polar surface area (TPSA) is 47.4 Å². The lowest BCUT2D eigenvalue weighted by Gasteiger charge is -2.22. The van der Waals surface area contributed by atoms with Gasteiger partial charge in [-0.25, -0.2) is 0 Å². The molecule has 0 spiro atoms. The molecule has 0 aliphatic rings. The van der Waals surface area contributed by atoms with Crippen LogP contribution in [0.15, 0.2) is 54.0 Å². The van der Waals surface area contributed by atoms with Gasteiger partial charge >= 0.3 is 6.18 Å². The normalized spacial score (nSPS) is 11.4. The lowest BCUT2D eigenvalue weighted by atomic mass is 10.2. The molecule has 0 bridgehead atoms. The maximum atomic E-state index is 12.8. The van der Waals surface area contributed by atoms with Crippen LogP contribution >= 0.6 is 11.3 Å². The number of ether oxygens (including phenoxy) is 1. The van der Waals surface area contributed by atoms with Crippen LogP contribution in [-0.4, -0.2) is 22.8 Å². The van der Waals surface area contributed by atoms with Crippen LogP contribution < -0.4 is 9.64 Å². The second-order valence-corrected chi connectivity index (χ2v) is 6.69. The first-order chi connectivity index (χ1) is 12.9. The van der Waals surface area contributed by atoms with Crippen molar-refractivity contribution >= 4 is 22.9 Å². The molecule has 1 aromatic carbocycles. The molecule has 0 unspecified atom stereocenters. The van der Waals surface area contributed by atoms with E-state index in [2.05, 4.69) is 5.10 Å². The minimum atomic E-state index is -4.54. The molecule has 2 heterocycles. The number of benzene rings is 1. The van der Waals surface area contributed by atoms with E-state index in [9.17, 15) is 18.0 Å². The van der Waals surface area contributed by atoms with Crippen molar-refractivity contribution in [1.82, 2.24) is 9.78 Å². The number of nitrogens with zero attached hydrogens (tertiary/aromatic N) is 3. The van der Waals surface area contributed by atoms with Crippen LogP contribution in [0, 0.1) is 0 Å². The van der Waals surface area contributed by atoms with Crippen LogP contribution in [-0.2, 0) is 24.1 Å². The third-order valence-electron chi connectivity index (χ3n) is 3.81. The molecule has 0 saturated heterocycles. The van der Waals surface area contributed by atoms with Crippen LogP contribution in [0.5, 0.6) is 5.75 Å². The summed E-state index contributed by atoms with van der Waals surface area (Å²) in [6, 6.07) is 11.5. The van der Waals surface area contributed by atoms with Crippen LogP contribution in [0.2, 0.25) is 0 Å². The lowest BCUT2D eigenvalue weighted by Crippen LogP contribution is -2.33. The summed E-state index contributed by atoms with van der Waals surface area (Å²) in [4.78, 5) is 15.3. The van der Waals surface area contributed by atoms with E-state index in [4.69, 9.17) is 4.74 Å². The molecule has 5 nitrogen and oxygen atoms in total. The molecule has 0 fully saturated rings. The van der Waals surface area contributed by atoms with Gasteiger partial charge in [-0.15, -0.1) is 11.3 Å². The van der Waals surface area contributed by atoms with E-state index in [-0.39, 0.29) is 12.5 Å². The number of aromatic nitrogens is 2. The minimum Gasteiger partial charge on any atom is -0.497 e. The van der Waals surface area contributed by atoms with Gasteiger partial charge in [0.1, 0.15) is 12.3 Å². The molecule has 1 amide bonds. The van der Waals surface area contributed by atoms with Gasteiger partial charge in [-0.1, -0.05) is 6.07 Å². The van der Waals surface area contributed by atoms with Gasteiger partial charge in [-0.2, -0.15) is 18.3 Å². The summed E-state index contributed by atoms with van der Waals surface area (Å²) in [5.41, 5.74) is -0.401. The number of rotatable bonds is 6. The first-order valence-electron chi connectivity index (χ1n) is 7.94. The second kappa shape index (κ2) is 7.83. The predicted octanol–water partition coefficient (Wildman–Crippen LogP) is 4.21. The first-order valence-corrected chi connectivity index (χ1v) is 8.82. The Balaban J connectivity index is 1.82. The van der Waals surface area contributed by atoms with Gasteiger partial charge in [0.2, 0.25) is 5.91 Å². The Hall–Kier alpha value is -2.81. The van der Waals surface area contributed by atoms with E-state index >= 15 is 0 Å². The molecule has 0 aliphatic heterocycles. The van der Waals surface area contributed by atoms with Gasteiger partial charge < -0.3 is 9.64 Å². The Labute approximate surface area is 157 Å². The van der Waals surface area contributed by atoms with E-state index in [1.165, 1.54) is 16.2 Å². The number of amides is 1. The minimum absolute atomic E-state index is 0.298. The average molecular weight is 395 g/mol. The quantitative estimate of drug-likeness (QED) is 0.628. The highest BCUT2D eigenvalue weighted by molar-refractivity contribution is 7.09. The number of carbonyl (C=O) groups excluding carboxylic acids is 1. The zero-order valence-electron chi connectivity index (χ0n) is 14.3. The summed E-state index contributed by atoms with van der Waals surface area (Å²) in [5.74, 6) is 0.273. The number of thiophene rings is 1. The number of anilines is 1. The molecule has 0 saturated carbocycles. The monoisotopic (exact) mass is 395 g/mol. The molecule has 0 radical (unpaired) electrons. The van der Waals surface area contributed by atoms with Gasteiger partial charge in [-0.3, -0.25) is 9.48 Å². The van der Waals surface area contributed by atoms with Crippen LogP contribution in [0.1, 0.15) is 10.6 Å². The van der Waals surface area contributed by atoms with Crippen LogP contribution in [0.25, 0.3) is 0 Å². The van der Waals surface area contributed by atoms with Gasteiger partial charge in [-0.05, 0) is 41.8 Å². The molecule has 3 rings (SSSR count). The Morgan fingerprint density at radius 2 is 1.96 bits per heavy atom. The van der Waals surface area contributed by atoms with Crippen molar-refractivity contribution in [2.75, 3.05) is 12.0 Å². The van der Waals surface area contributed by atoms with E-state index in [0.29, 0.717) is 18.0 Å². The van der Waals surface area contributed by atoms with E-state index in [1.54, 1.807) is 31.4 Å². The zero-order valence-corrected chi connectivity index (χ0v) is 15.1. The number of methoxy groups -OCH3 is 1. The van der Waals surface area contributed by atoms with E-state index < -0.39 is 11.9 Å². The Morgan fingerprint density at radius 3 is 2.52 bits per heavy atom. The Bertz CT molecular complexity index is 889. The highest BCUT2D eigenvalue weighted by Crippen LogP contribution is 2.27. The van der Waals surface area contributed by atoms with E-state index in [1.807, 2.05) is 17.5 Å². The predicted molar refractivity (Wildman–Crippen MR) is 95.7 cm³/mol. The lowest BCUT2D eigenvalue weighted by molar-refractivity contribution is -0.141. The largest absolute Gasteiger partial charge is 0.497 e. The maximum absolute atomic E-state index is 12.8. The molecule has 0 N–H and O–H groups in total. The fraction of sp³-hybridized carbons (Fsp3) is 0.222. The molecule has 0 atom stereocenters. The number of hydrogen-bond acceptors (Lipinski definition) is 4. The van der Waals surface area contributed by atoms with Crippen molar-refractivity contribution in [3.8, 4) is 5.75 Å². The van der Waals surface area contributed by atoms with E-state index in [0.717, 1.165) is 21.8 Å².